The summed E-state index contributed by atoms with van der Waals surface area (Å²) in [5, 5.41) is 4.28. The van der Waals surface area contributed by atoms with E-state index in [0.29, 0.717) is 23.4 Å². The van der Waals surface area contributed by atoms with E-state index in [1.165, 1.54) is 0 Å². The number of benzene rings is 8. The van der Waals surface area contributed by atoms with Gasteiger partial charge in [0.05, 0.1) is 0 Å². The van der Waals surface area contributed by atoms with E-state index in [1.54, 1.807) is 0 Å². The number of para-hydroxylation sites is 1. The van der Waals surface area contributed by atoms with Gasteiger partial charge in [0.25, 0.3) is 0 Å². The molecule has 0 N–H and O–H groups in total. The minimum absolute atomic E-state index is 0.579. The first kappa shape index (κ1) is 31.8. The van der Waals surface area contributed by atoms with Gasteiger partial charge in [-0.15, -0.1) is 0 Å². The van der Waals surface area contributed by atoms with Crippen molar-refractivity contribution in [2.24, 2.45) is 0 Å². The molecule has 11 aromatic rings. The minimum Gasteiger partial charge on any atom is -0.456 e. The fraction of sp³-hybridized carbons (Fsp3) is 0. The SMILES string of the molecule is c1ccc(-c2nc(-c3ccccc3)nc(-c3ccc4c(c3)oc3cc(-c5cccc6nc(-c7cccc8cccc(-c9ccccc9)c78)oc56)ccc34)n2)cc1. The molecule has 3 heterocycles. The second-order valence-electron chi connectivity index (χ2n) is 13.8. The van der Waals surface area contributed by atoms with E-state index in [4.69, 9.17) is 28.8 Å². The Morgan fingerprint density at radius 2 is 0.857 bits per heavy atom. The van der Waals surface area contributed by atoms with Crippen LogP contribution in [0.15, 0.2) is 191 Å². The average Bonchev–Trinajstić information content (AvgIpc) is 3.88. The van der Waals surface area contributed by atoms with Gasteiger partial charge in [-0.1, -0.05) is 146 Å². The lowest BCUT2D eigenvalue weighted by molar-refractivity contribution is 0.621. The van der Waals surface area contributed by atoms with E-state index in [2.05, 4.69) is 97.1 Å². The van der Waals surface area contributed by atoms with Crippen molar-refractivity contribution in [1.82, 2.24) is 19.9 Å². The number of fused-ring (bicyclic) bond motifs is 5. The second-order valence-corrected chi connectivity index (χ2v) is 13.8. The van der Waals surface area contributed by atoms with E-state index in [9.17, 15) is 0 Å². The van der Waals surface area contributed by atoms with Gasteiger partial charge < -0.3 is 8.83 Å². The van der Waals surface area contributed by atoms with Crippen molar-refractivity contribution in [3.63, 3.8) is 0 Å². The zero-order valence-corrected chi connectivity index (χ0v) is 29.9. The summed E-state index contributed by atoms with van der Waals surface area (Å²) in [7, 11) is 0. The Bertz CT molecular complexity index is 3180. The number of hydrogen-bond donors (Lipinski definition) is 0. The highest BCUT2D eigenvalue weighted by Gasteiger charge is 2.19. The third-order valence-corrected chi connectivity index (χ3v) is 10.4. The molecule has 0 aliphatic carbocycles. The predicted molar refractivity (Wildman–Crippen MR) is 225 cm³/mol. The molecule has 0 amide bonds. The predicted octanol–water partition coefficient (Wildman–Crippen LogP) is 13.1. The highest BCUT2D eigenvalue weighted by atomic mass is 16.3. The van der Waals surface area contributed by atoms with Crippen LogP contribution in [0.4, 0.5) is 0 Å². The molecule has 0 spiro atoms. The fourth-order valence-electron chi connectivity index (χ4n) is 7.69. The summed E-state index contributed by atoms with van der Waals surface area (Å²) in [6.45, 7) is 0. The summed E-state index contributed by atoms with van der Waals surface area (Å²) < 4.78 is 13.3. The van der Waals surface area contributed by atoms with Crippen LogP contribution in [-0.2, 0) is 0 Å². The van der Waals surface area contributed by atoms with Gasteiger partial charge in [-0.05, 0) is 58.5 Å². The lowest BCUT2D eigenvalue weighted by Crippen LogP contribution is -2.00. The largest absolute Gasteiger partial charge is 0.456 e. The number of nitrogens with zero attached hydrogens (tertiary/aromatic N) is 4. The Hall–Kier alpha value is -7.70. The highest BCUT2D eigenvalue weighted by Crippen LogP contribution is 2.40. The number of hydrogen-bond acceptors (Lipinski definition) is 6. The Morgan fingerprint density at radius 1 is 0.339 bits per heavy atom. The molecule has 0 radical (unpaired) electrons. The van der Waals surface area contributed by atoms with Gasteiger partial charge in [-0.2, -0.15) is 0 Å². The van der Waals surface area contributed by atoms with Crippen LogP contribution in [0.1, 0.15) is 0 Å². The van der Waals surface area contributed by atoms with Crippen LogP contribution in [0, 0.1) is 0 Å². The Morgan fingerprint density at radius 3 is 1.50 bits per heavy atom. The van der Waals surface area contributed by atoms with Crippen LogP contribution in [0.5, 0.6) is 0 Å². The van der Waals surface area contributed by atoms with E-state index < -0.39 is 0 Å². The summed E-state index contributed by atoms with van der Waals surface area (Å²) in [5.41, 5.74) is 10.9. The van der Waals surface area contributed by atoms with E-state index >= 15 is 0 Å². The topological polar surface area (TPSA) is 77.8 Å². The Labute approximate surface area is 321 Å². The van der Waals surface area contributed by atoms with E-state index in [1.807, 2.05) is 84.9 Å². The summed E-state index contributed by atoms with van der Waals surface area (Å²) >= 11 is 0. The molecule has 8 aromatic carbocycles. The average molecular weight is 719 g/mol. The molecular formula is C50H30N4O2. The zero-order valence-electron chi connectivity index (χ0n) is 29.9. The molecule has 6 nitrogen and oxygen atoms in total. The first-order valence-corrected chi connectivity index (χ1v) is 18.5. The van der Waals surface area contributed by atoms with Crippen LogP contribution >= 0.6 is 0 Å². The first-order valence-electron chi connectivity index (χ1n) is 18.5. The van der Waals surface area contributed by atoms with Gasteiger partial charge in [-0.25, -0.2) is 19.9 Å². The van der Waals surface area contributed by atoms with Gasteiger partial charge in [0.2, 0.25) is 5.89 Å². The molecule has 0 saturated carbocycles. The standard InChI is InChI=1S/C50H30N4O2/c1-4-13-31(14-5-1)37-21-10-19-32-20-11-23-41(45(32)37)50-51-42-24-12-22-38(46(42)56-50)35-25-27-39-40-28-26-36(30-44(40)55-43(39)29-35)49-53-47(33-15-6-2-7-16-33)52-48(54-49)34-17-8-3-9-18-34/h1-30H. The lowest BCUT2D eigenvalue weighted by atomic mass is 9.94. The third-order valence-electron chi connectivity index (χ3n) is 10.4. The van der Waals surface area contributed by atoms with Gasteiger partial charge in [0.1, 0.15) is 16.7 Å². The molecule has 6 heteroatoms. The van der Waals surface area contributed by atoms with Crippen molar-refractivity contribution in [3.05, 3.63) is 182 Å². The maximum absolute atomic E-state index is 6.70. The summed E-state index contributed by atoms with van der Waals surface area (Å²) in [5.74, 6) is 2.40. The minimum atomic E-state index is 0.579. The molecule has 0 aliphatic rings. The summed E-state index contributed by atoms with van der Waals surface area (Å²) in [4.78, 5) is 19.7. The molecular weight excluding hydrogens is 689 g/mol. The van der Waals surface area contributed by atoms with Crippen LogP contribution in [0.25, 0.3) is 112 Å². The van der Waals surface area contributed by atoms with Crippen molar-refractivity contribution < 1.29 is 8.83 Å². The smallest absolute Gasteiger partial charge is 0.227 e. The molecule has 0 aliphatic heterocycles. The van der Waals surface area contributed by atoms with Crippen LogP contribution in [0.3, 0.4) is 0 Å². The zero-order chi connectivity index (χ0) is 37.0. The molecule has 0 unspecified atom stereocenters. The van der Waals surface area contributed by atoms with Crippen molar-refractivity contribution in [1.29, 1.82) is 0 Å². The Kier molecular flexibility index (Phi) is 7.38. The van der Waals surface area contributed by atoms with Gasteiger partial charge >= 0.3 is 0 Å². The monoisotopic (exact) mass is 718 g/mol. The second kappa shape index (κ2) is 13.0. The van der Waals surface area contributed by atoms with E-state index in [-0.39, 0.29) is 0 Å². The number of furan rings is 1. The van der Waals surface area contributed by atoms with Crippen LogP contribution in [-0.4, -0.2) is 19.9 Å². The molecule has 0 bridgehead atoms. The van der Waals surface area contributed by atoms with Crippen LogP contribution < -0.4 is 0 Å². The van der Waals surface area contributed by atoms with E-state index in [0.717, 1.165) is 88.3 Å². The molecule has 0 saturated heterocycles. The van der Waals surface area contributed by atoms with Gasteiger partial charge in [-0.3, -0.25) is 0 Å². The third kappa shape index (κ3) is 5.43. The van der Waals surface area contributed by atoms with Crippen molar-refractivity contribution in [2.45, 2.75) is 0 Å². The molecule has 0 fully saturated rings. The first-order chi connectivity index (χ1) is 27.7. The molecule has 11 rings (SSSR count). The number of oxazole rings is 1. The maximum atomic E-state index is 6.70. The van der Waals surface area contributed by atoms with Crippen molar-refractivity contribution >= 4 is 43.8 Å². The summed E-state index contributed by atoms with van der Waals surface area (Å²) in [6, 6.07) is 61.7. The highest BCUT2D eigenvalue weighted by molar-refractivity contribution is 6.08. The van der Waals surface area contributed by atoms with Crippen molar-refractivity contribution in [2.75, 3.05) is 0 Å². The van der Waals surface area contributed by atoms with Crippen molar-refractivity contribution in [3.8, 4) is 67.9 Å². The maximum Gasteiger partial charge on any atom is 0.227 e. The lowest BCUT2D eigenvalue weighted by Gasteiger charge is -2.10. The number of rotatable bonds is 6. The number of aromatic nitrogens is 4. The fourth-order valence-corrected chi connectivity index (χ4v) is 7.69. The van der Waals surface area contributed by atoms with Gasteiger partial charge in [0.15, 0.2) is 23.1 Å². The van der Waals surface area contributed by atoms with Crippen LogP contribution in [0.2, 0.25) is 0 Å². The molecule has 56 heavy (non-hydrogen) atoms. The normalized spacial score (nSPS) is 11.6. The molecule has 3 aromatic heterocycles. The molecule has 0 atom stereocenters. The quantitative estimate of drug-likeness (QED) is 0.170. The van der Waals surface area contributed by atoms with Gasteiger partial charge in [0, 0.05) is 44.0 Å². The Balaban J connectivity index is 0.999. The molecule has 262 valence electrons. The summed E-state index contributed by atoms with van der Waals surface area (Å²) in [6.07, 6.45) is 0.